The SMILES string of the molecule is CCOC(=O)c1ccc(N2CCCC[C@@H]2C)c([N+](=O)[O-])c1. The topological polar surface area (TPSA) is 72.7 Å². The summed E-state index contributed by atoms with van der Waals surface area (Å²) in [5, 5.41) is 11.3. The molecule has 1 aliphatic heterocycles. The molecule has 1 aromatic rings. The highest BCUT2D eigenvalue weighted by atomic mass is 16.6. The fraction of sp³-hybridized carbons (Fsp3) is 0.533. The second kappa shape index (κ2) is 6.56. The Hall–Kier alpha value is -2.11. The molecule has 2 rings (SSSR count). The molecule has 6 heteroatoms. The average Bonchev–Trinajstić information content (AvgIpc) is 2.47. The number of nitrogens with zero attached hydrogens (tertiary/aromatic N) is 2. The van der Waals surface area contributed by atoms with Crippen molar-refractivity contribution in [2.45, 2.75) is 39.2 Å². The molecule has 1 fully saturated rings. The van der Waals surface area contributed by atoms with Gasteiger partial charge in [-0.15, -0.1) is 0 Å². The number of rotatable bonds is 4. The van der Waals surface area contributed by atoms with Crippen LogP contribution in [0.5, 0.6) is 0 Å². The zero-order valence-electron chi connectivity index (χ0n) is 12.4. The van der Waals surface area contributed by atoms with E-state index in [0.29, 0.717) is 5.69 Å². The Bertz CT molecular complexity index is 544. The van der Waals surface area contributed by atoms with Crippen LogP contribution in [0, 0.1) is 10.1 Å². The van der Waals surface area contributed by atoms with Crippen molar-refractivity contribution in [3.63, 3.8) is 0 Å². The summed E-state index contributed by atoms with van der Waals surface area (Å²) in [7, 11) is 0. The summed E-state index contributed by atoms with van der Waals surface area (Å²) in [5.41, 5.74) is 0.770. The molecule has 0 amide bonds. The summed E-state index contributed by atoms with van der Waals surface area (Å²) < 4.78 is 4.89. The number of esters is 1. The molecule has 0 N–H and O–H groups in total. The number of hydrogen-bond acceptors (Lipinski definition) is 5. The molecule has 1 atom stereocenters. The summed E-state index contributed by atoms with van der Waals surface area (Å²) in [6.45, 7) is 4.83. The Kier molecular flexibility index (Phi) is 4.77. The Morgan fingerprint density at radius 3 is 2.86 bits per heavy atom. The molecule has 0 bridgehead atoms. The number of benzene rings is 1. The number of carbonyl (C=O) groups excluding carboxylic acids is 1. The van der Waals surface area contributed by atoms with E-state index in [2.05, 4.69) is 11.8 Å². The largest absolute Gasteiger partial charge is 0.462 e. The minimum Gasteiger partial charge on any atom is -0.462 e. The van der Waals surface area contributed by atoms with Crippen molar-refractivity contribution in [1.29, 1.82) is 0 Å². The van der Waals surface area contributed by atoms with Gasteiger partial charge in [-0.3, -0.25) is 10.1 Å². The number of nitro groups is 1. The minimum atomic E-state index is -0.529. The molecule has 1 aromatic carbocycles. The second-order valence-electron chi connectivity index (χ2n) is 5.22. The van der Waals surface area contributed by atoms with E-state index in [1.54, 1.807) is 19.1 Å². The Morgan fingerprint density at radius 1 is 1.48 bits per heavy atom. The molecule has 1 heterocycles. The Morgan fingerprint density at radius 2 is 2.24 bits per heavy atom. The van der Waals surface area contributed by atoms with E-state index in [-0.39, 0.29) is 23.9 Å². The van der Waals surface area contributed by atoms with Gasteiger partial charge in [-0.2, -0.15) is 0 Å². The minimum absolute atomic E-state index is 0.0331. The van der Waals surface area contributed by atoms with Gasteiger partial charge in [-0.25, -0.2) is 4.79 Å². The molecule has 6 nitrogen and oxygen atoms in total. The summed E-state index contributed by atoms with van der Waals surface area (Å²) in [6.07, 6.45) is 3.20. The molecular formula is C15H20N2O4. The van der Waals surface area contributed by atoms with Gasteiger partial charge in [0, 0.05) is 18.7 Å². The molecule has 0 spiro atoms. The van der Waals surface area contributed by atoms with Gasteiger partial charge in [-0.05, 0) is 45.2 Å². The van der Waals surface area contributed by atoms with E-state index in [0.717, 1.165) is 25.8 Å². The Balaban J connectivity index is 2.37. The molecule has 0 saturated carbocycles. The van der Waals surface area contributed by atoms with Crippen molar-refractivity contribution in [1.82, 2.24) is 0 Å². The van der Waals surface area contributed by atoms with E-state index < -0.39 is 10.9 Å². The van der Waals surface area contributed by atoms with Gasteiger partial charge in [0.15, 0.2) is 0 Å². The van der Waals surface area contributed by atoms with Crippen LogP contribution in [0.25, 0.3) is 0 Å². The number of piperidine rings is 1. The van der Waals surface area contributed by atoms with Crippen LogP contribution in [-0.4, -0.2) is 30.1 Å². The van der Waals surface area contributed by atoms with Gasteiger partial charge in [0.1, 0.15) is 5.69 Å². The van der Waals surface area contributed by atoms with Gasteiger partial charge in [0.2, 0.25) is 0 Å². The third kappa shape index (κ3) is 3.32. The molecule has 0 unspecified atom stereocenters. The highest BCUT2D eigenvalue weighted by Crippen LogP contribution is 2.33. The maximum absolute atomic E-state index is 11.7. The fourth-order valence-electron chi connectivity index (χ4n) is 2.71. The van der Waals surface area contributed by atoms with E-state index in [1.165, 1.54) is 6.07 Å². The molecule has 1 aliphatic rings. The quantitative estimate of drug-likeness (QED) is 0.484. The van der Waals surface area contributed by atoms with Crippen molar-refractivity contribution in [2.75, 3.05) is 18.1 Å². The molecule has 0 radical (unpaired) electrons. The first-order valence-electron chi connectivity index (χ1n) is 7.26. The number of hydrogen-bond donors (Lipinski definition) is 0. The predicted octanol–water partition coefficient (Wildman–Crippen LogP) is 3.15. The van der Waals surface area contributed by atoms with Crippen LogP contribution >= 0.6 is 0 Å². The van der Waals surface area contributed by atoms with Gasteiger partial charge in [0.25, 0.3) is 5.69 Å². The molecule has 114 valence electrons. The molecule has 21 heavy (non-hydrogen) atoms. The van der Waals surface area contributed by atoms with E-state index in [1.807, 2.05) is 0 Å². The first kappa shape index (κ1) is 15.3. The van der Waals surface area contributed by atoms with Gasteiger partial charge < -0.3 is 9.64 Å². The van der Waals surface area contributed by atoms with Crippen LogP contribution in [0.1, 0.15) is 43.5 Å². The number of ether oxygens (including phenoxy) is 1. The van der Waals surface area contributed by atoms with Crippen LogP contribution in [0.2, 0.25) is 0 Å². The lowest BCUT2D eigenvalue weighted by Gasteiger charge is -2.35. The van der Waals surface area contributed by atoms with Crippen molar-refractivity contribution in [3.8, 4) is 0 Å². The summed E-state index contributed by atoms with van der Waals surface area (Å²) in [5.74, 6) is -0.529. The lowest BCUT2D eigenvalue weighted by atomic mass is 10.0. The molecule has 1 saturated heterocycles. The average molecular weight is 292 g/mol. The summed E-state index contributed by atoms with van der Waals surface area (Å²) in [6, 6.07) is 4.84. The van der Waals surface area contributed by atoms with Crippen molar-refractivity contribution in [3.05, 3.63) is 33.9 Å². The van der Waals surface area contributed by atoms with Crippen LogP contribution < -0.4 is 4.90 Å². The highest BCUT2D eigenvalue weighted by Gasteiger charge is 2.26. The number of anilines is 1. The van der Waals surface area contributed by atoms with Gasteiger partial charge >= 0.3 is 5.97 Å². The predicted molar refractivity (Wildman–Crippen MR) is 79.7 cm³/mol. The lowest BCUT2D eigenvalue weighted by molar-refractivity contribution is -0.384. The smallest absolute Gasteiger partial charge is 0.338 e. The number of carbonyl (C=O) groups is 1. The molecule has 0 aromatic heterocycles. The third-order valence-electron chi connectivity index (χ3n) is 3.80. The monoisotopic (exact) mass is 292 g/mol. The zero-order valence-corrected chi connectivity index (χ0v) is 12.4. The molecular weight excluding hydrogens is 272 g/mol. The van der Waals surface area contributed by atoms with Crippen LogP contribution in [0.15, 0.2) is 18.2 Å². The molecule has 0 aliphatic carbocycles. The zero-order chi connectivity index (χ0) is 15.4. The van der Waals surface area contributed by atoms with Crippen LogP contribution in [0.4, 0.5) is 11.4 Å². The van der Waals surface area contributed by atoms with Crippen molar-refractivity contribution in [2.24, 2.45) is 0 Å². The maximum Gasteiger partial charge on any atom is 0.338 e. The van der Waals surface area contributed by atoms with E-state index in [4.69, 9.17) is 4.74 Å². The first-order chi connectivity index (χ1) is 10.0. The summed E-state index contributed by atoms with van der Waals surface area (Å²) in [4.78, 5) is 24.7. The van der Waals surface area contributed by atoms with E-state index >= 15 is 0 Å². The van der Waals surface area contributed by atoms with E-state index in [9.17, 15) is 14.9 Å². The summed E-state index contributed by atoms with van der Waals surface area (Å²) >= 11 is 0. The first-order valence-corrected chi connectivity index (χ1v) is 7.26. The van der Waals surface area contributed by atoms with Crippen molar-refractivity contribution >= 4 is 17.3 Å². The normalized spacial score (nSPS) is 18.4. The van der Waals surface area contributed by atoms with Gasteiger partial charge in [-0.1, -0.05) is 0 Å². The van der Waals surface area contributed by atoms with Gasteiger partial charge in [0.05, 0.1) is 17.1 Å². The standard InChI is InChI=1S/C15H20N2O4/c1-3-21-15(18)12-7-8-13(14(10-12)17(19)20)16-9-5-4-6-11(16)2/h7-8,10-11H,3-6,9H2,1-2H3/t11-/m0/s1. The third-order valence-corrected chi connectivity index (χ3v) is 3.80. The van der Waals surface area contributed by atoms with Crippen LogP contribution in [0.3, 0.4) is 0 Å². The number of nitro benzene ring substituents is 1. The lowest BCUT2D eigenvalue weighted by Crippen LogP contribution is -2.37. The van der Waals surface area contributed by atoms with Crippen molar-refractivity contribution < 1.29 is 14.5 Å². The highest BCUT2D eigenvalue weighted by molar-refractivity contribution is 5.91. The Labute approximate surface area is 123 Å². The fourth-order valence-corrected chi connectivity index (χ4v) is 2.71. The second-order valence-corrected chi connectivity index (χ2v) is 5.22. The maximum atomic E-state index is 11.7. The van der Waals surface area contributed by atoms with Crippen LogP contribution in [-0.2, 0) is 4.74 Å².